The van der Waals surface area contributed by atoms with Crippen molar-refractivity contribution in [3.05, 3.63) is 35.1 Å². The molecule has 3 rings (SSSR count). The Morgan fingerprint density at radius 3 is 2.57 bits per heavy atom. The first-order chi connectivity index (χ1) is 13.4. The quantitative estimate of drug-likeness (QED) is 0.644. The monoisotopic (exact) mass is 423 g/mol. The smallest absolute Gasteiger partial charge is 0.233 e. The molecule has 1 aliphatic heterocycles. The van der Waals surface area contributed by atoms with Gasteiger partial charge in [-0.15, -0.1) is 10.2 Å². The van der Waals surface area contributed by atoms with Crippen LogP contribution in [0.5, 0.6) is 0 Å². The predicted molar refractivity (Wildman–Crippen MR) is 109 cm³/mol. The van der Waals surface area contributed by atoms with Crippen LogP contribution in [-0.2, 0) is 23.1 Å². The van der Waals surface area contributed by atoms with Gasteiger partial charge in [0.1, 0.15) is 5.82 Å². The summed E-state index contributed by atoms with van der Waals surface area (Å²) in [5, 5.41) is 12.3. The summed E-state index contributed by atoms with van der Waals surface area (Å²) < 4.78 is 1.76. The Balaban J connectivity index is 1.51. The maximum atomic E-state index is 12.4. The minimum absolute atomic E-state index is 0.0991. The molecule has 0 unspecified atom stereocenters. The third kappa shape index (κ3) is 5.46. The van der Waals surface area contributed by atoms with Gasteiger partial charge in [0.05, 0.1) is 45.4 Å². The first kappa shape index (κ1) is 20.6. The van der Waals surface area contributed by atoms with Gasteiger partial charge in [0.15, 0.2) is 5.16 Å². The SMILES string of the molecule is Cn1c(CC(=O)Nc2ccc(Cl)cc2)nnc1SCC(=O)N1CC[NH+](C)CC1. The number of halogens is 1. The number of carbonyl (C=O) groups excluding carboxylic acids is 2. The number of rotatable bonds is 6. The molecule has 1 aliphatic rings. The molecule has 1 saturated heterocycles. The summed E-state index contributed by atoms with van der Waals surface area (Å²) in [5.74, 6) is 0.791. The van der Waals surface area contributed by atoms with Crippen LogP contribution in [0.25, 0.3) is 0 Å². The van der Waals surface area contributed by atoms with Gasteiger partial charge in [0.25, 0.3) is 0 Å². The van der Waals surface area contributed by atoms with Gasteiger partial charge in [-0.1, -0.05) is 23.4 Å². The number of carbonyl (C=O) groups is 2. The third-order valence-corrected chi connectivity index (χ3v) is 5.92. The van der Waals surface area contributed by atoms with Gasteiger partial charge in [0.2, 0.25) is 11.8 Å². The van der Waals surface area contributed by atoms with Crippen molar-refractivity contribution in [2.45, 2.75) is 11.6 Å². The third-order valence-electron chi connectivity index (χ3n) is 4.67. The van der Waals surface area contributed by atoms with E-state index in [-0.39, 0.29) is 18.2 Å². The molecule has 150 valence electrons. The number of hydrogen-bond donors (Lipinski definition) is 2. The van der Waals surface area contributed by atoms with Gasteiger partial charge < -0.3 is 19.7 Å². The molecule has 0 atom stereocenters. The lowest BCUT2D eigenvalue weighted by atomic mass is 10.3. The normalized spacial score (nSPS) is 14.9. The number of aromatic nitrogens is 3. The van der Waals surface area contributed by atoms with Gasteiger partial charge in [-0.3, -0.25) is 9.59 Å². The second-order valence-corrected chi connectivity index (χ2v) is 8.20. The van der Waals surface area contributed by atoms with E-state index >= 15 is 0 Å². The van der Waals surface area contributed by atoms with Crippen LogP contribution in [0.15, 0.2) is 29.4 Å². The molecule has 0 saturated carbocycles. The van der Waals surface area contributed by atoms with Crippen LogP contribution in [0.3, 0.4) is 0 Å². The fourth-order valence-corrected chi connectivity index (χ4v) is 3.82. The molecule has 2 aromatic rings. The van der Waals surface area contributed by atoms with Crippen LogP contribution in [-0.4, -0.2) is 70.5 Å². The summed E-state index contributed by atoms with van der Waals surface area (Å²) in [6, 6.07) is 6.91. The molecule has 1 aromatic carbocycles. The maximum Gasteiger partial charge on any atom is 0.233 e. The Kier molecular flexibility index (Phi) is 6.93. The predicted octanol–water partition coefficient (Wildman–Crippen LogP) is 0.0987. The highest BCUT2D eigenvalue weighted by Gasteiger charge is 2.22. The second kappa shape index (κ2) is 9.40. The number of nitrogens with one attached hydrogen (secondary N) is 2. The summed E-state index contributed by atoms with van der Waals surface area (Å²) in [5.41, 5.74) is 0.672. The van der Waals surface area contributed by atoms with Crippen molar-refractivity contribution in [1.29, 1.82) is 0 Å². The summed E-state index contributed by atoms with van der Waals surface area (Å²) in [7, 11) is 3.94. The van der Waals surface area contributed by atoms with Gasteiger partial charge in [-0.05, 0) is 24.3 Å². The minimum atomic E-state index is -0.189. The number of likely N-dealkylation sites (N-methyl/N-ethyl adjacent to an activating group) is 1. The van der Waals surface area contributed by atoms with Gasteiger partial charge in [-0.2, -0.15) is 0 Å². The number of quaternary nitrogens is 1. The lowest BCUT2D eigenvalue weighted by Gasteiger charge is -2.29. The van der Waals surface area contributed by atoms with E-state index < -0.39 is 0 Å². The summed E-state index contributed by atoms with van der Waals surface area (Å²) in [6.07, 6.45) is 0.0991. The zero-order chi connectivity index (χ0) is 20.1. The molecular weight excluding hydrogens is 400 g/mol. The zero-order valence-electron chi connectivity index (χ0n) is 15.9. The van der Waals surface area contributed by atoms with E-state index in [1.165, 1.54) is 16.7 Å². The van der Waals surface area contributed by atoms with Crippen molar-refractivity contribution in [2.24, 2.45) is 7.05 Å². The van der Waals surface area contributed by atoms with Crippen LogP contribution in [0.2, 0.25) is 5.02 Å². The van der Waals surface area contributed by atoms with Crippen molar-refractivity contribution >= 4 is 40.9 Å². The molecule has 0 radical (unpaired) electrons. The molecule has 28 heavy (non-hydrogen) atoms. The fraction of sp³-hybridized carbons (Fsp3) is 0.444. The Labute approximate surface area is 173 Å². The average Bonchev–Trinajstić information content (AvgIpc) is 3.02. The maximum absolute atomic E-state index is 12.4. The van der Waals surface area contributed by atoms with Crippen LogP contribution in [0.1, 0.15) is 5.82 Å². The number of amides is 2. The van der Waals surface area contributed by atoms with Crippen molar-refractivity contribution in [3.63, 3.8) is 0 Å². The lowest BCUT2D eigenvalue weighted by Crippen LogP contribution is -3.12. The van der Waals surface area contributed by atoms with Crippen molar-refractivity contribution in [2.75, 3.05) is 44.3 Å². The summed E-state index contributed by atoms with van der Waals surface area (Å²) in [6.45, 7) is 3.54. The van der Waals surface area contributed by atoms with Crippen LogP contribution in [0.4, 0.5) is 5.69 Å². The van der Waals surface area contributed by atoms with Gasteiger partial charge >= 0.3 is 0 Å². The first-order valence-electron chi connectivity index (χ1n) is 9.08. The first-order valence-corrected chi connectivity index (χ1v) is 10.4. The Morgan fingerprint density at radius 1 is 1.21 bits per heavy atom. The molecular formula is C18H24ClN6O2S+. The summed E-state index contributed by atoms with van der Waals surface area (Å²) in [4.78, 5) is 27.9. The van der Waals surface area contributed by atoms with E-state index in [0.29, 0.717) is 27.4 Å². The molecule has 0 spiro atoms. The molecule has 1 aromatic heterocycles. The van der Waals surface area contributed by atoms with E-state index in [2.05, 4.69) is 22.6 Å². The van der Waals surface area contributed by atoms with E-state index in [1.807, 2.05) is 4.90 Å². The molecule has 2 N–H and O–H groups in total. The number of piperazine rings is 1. The van der Waals surface area contributed by atoms with Crippen molar-refractivity contribution in [3.8, 4) is 0 Å². The van der Waals surface area contributed by atoms with Crippen LogP contribution >= 0.6 is 23.4 Å². The largest absolute Gasteiger partial charge is 0.334 e. The van der Waals surface area contributed by atoms with E-state index in [9.17, 15) is 9.59 Å². The number of hydrogen-bond acceptors (Lipinski definition) is 5. The number of benzene rings is 1. The lowest BCUT2D eigenvalue weighted by molar-refractivity contribution is -0.883. The molecule has 0 bridgehead atoms. The zero-order valence-corrected chi connectivity index (χ0v) is 17.5. The van der Waals surface area contributed by atoms with E-state index in [4.69, 9.17) is 11.6 Å². The number of thioether (sulfide) groups is 1. The molecule has 10 heteroatoms. The standard InChI is InChI=1S/C18H23ClN6O2S/c1-23-7-9-25(10-8-23)17(27)12-28-18-22-21-15(24(18)2)11-16(26)20-14-5-3-13(19)4-6-14/h3-6H,7-12H2,1-2H3,(H,20,26)/p+1. The van der Waals surface area contributed by atoms with Crippen molar-refractivity contribution in [1.82, 2.24) is 19.7 Å². The molecule has 1 fully saturated rings. The average molecular weight is 424 g/mol. The minimum Gasteiger partial charge on any atom is -0.334 e. The van der Waals surface area contributed by atoms with Crippen LogP contribution < -0.4 is 10.2 Å². The summed E-state index contributed by atoms with van der Waals surface area (Å²) >= 11 is 7.19. The van der Waals surface area contributed by atoms with Gasteiger partial charge in [-0.25, -0.2) is 0 Å². The van der Waals surface area contributed by atoms with E-state index in [1.54, 1.807) is 35.9 Å². The Hall–Kier alpha value is -2.10. The number of anilines is 1. The molecule has 0 aliphatic carbocycles. The Bertz CT molecular complexity index is 833. The van der Waals surface area contributed by atoms with E-state index in [0.717, 1.165) is 26.2 Å². The van der Waals surface area contributed by atoms with Gasteiger partial charge in [0, 0.05) is 17.8 Å². The highest BCUT2D eigenvalue weighted by Crippen LogP contribution is 2.17. The second-order valence-electron chi connectivity index (χ2n) is 6.82. The Morgan fingerprint density at radius 2 is 1.89 bits per heavy atom. The van der Waals surface area contributed by atoms with Crippen LogP contribution in [0, 0.1) is 0 Å². The molecule has 8 nitrogen and oxygen atoms in total. The fourth-order valence-electron chi connectivity index (χ4n) is 2.86. The molecule has 2 heterocycles. The topological polar surface area (TPSA) is 84.6 Å². The highest BCUT2D eigenvalue weighted by atomic mass is 35.5. The van der Waals surface area contributed by atoms with Crippen molar-refractivity contribution < 1.29 is 14.5 Å². The molecule has 2 amide bonds. The highest BCUT2D eigenvalue weighted by molar-refractivity contribution is 7.99. The number of nitrogens with zero attached hydrogens (tertiary/aromatic N) is 4.